The van der Waals surface area contributed by atoms with Crippen LogP contribution in [0.4, 0.5) is 11.4 Å². The van der Waals surface area contributed by atoms with Gasteiger partial charge in [0.2, 0.25) is 5.91 Å². The lowest BCUT2D eigenvalue weighted by molar-refractivity contribution is -0.120. The van der Waals surface area contributed by atoms with Gasteiger partial charge in [-0.1, -0.05) is 13.8 Å². The highest BCUT2D eigenvalue weighted by molar-refractivity contribution is 6.33. The van der Waals surface area contributed by atoms with Crippen LogP contribution in [0.3, 0.4) is 0 Å². The number of hydrogen-bond acceptors (Lipinski definition) is 4. The number of hydrogen-bond donors (Lipinski definition) is 1. The van der Waals surface area contributed by atoms with E-state index in [1.165, 1.54) is 6.20 Å². The third-order valence-corrected chi connectivity index (χ3v) is 4.40. The van der Waals surface area contributed by atoms with E-state index in [-0.39, 0.29) is 23.4 Å². The number of carbonyl (C=O) groups is 3. The number of carbonyl (C=O) groups excluding carboxylic acids is 3. The predicted octanol–water partition coefficient (Wildman–Crippen LogP) is 3.26. The summed E-state index contributed by atoms with van der Waals surface area (Å²) in [5, 5.41) is 2.86. The maximum absolute atomic E-state index is 12.4. The minimum Gasteiger partial charge on any atom is -0.326 e. The molecule has 1 N–H and O–H groups in total. The second kappa shape index (κ2) is 6.84. The first-order valence-electron chi connectivity index (χ1n) is 8.31. The number of aromatic nitrogens is 1. The van der Waals surface area contributed by atoms with E-state index >= 15 is 0 Å². The molecule has 25 heavy (non-hydrogen) atoms. The molecule has 0 saturated carbocycles. The predicted molar refractivity (Wildman–Crippen MR) is 94.5 cm³/mol. The first-order chi connectivity index (χ1) is 12.1. The van der Waals surface area contributed by atoms with Crippen LogP contribution in [0.2, 0.25) is 0 Å². The Morgan fingerprint density at radius 3 is 2.36 bits per heavy atom. The average Bonchev–Trinajstić information content (AvgIpc) is 2.88. The number of amides is 3. The fourth-order valence-electron chi connectivity index (χ4n) is 2.90. The molecule has 0 aliphatic carbocycles. The molecule has 1 aliphatic heterocycles. The molecular formula is C19H19N3O3. The summed E-state index contributed by atoms with van der Waals surface area (Å²) in [5.41, 5.74) is 1.56. The molecule has 0 unspecified atom stereocenters. The maximum atomic E-state index is 12.4. The Balaban J connectivity index is 1.79. The number of rotatable bonds is 5. The standard InChI is InChI=1S/C19H19N3O3/c1-3-12(4-2)17(23)21-13-7-9-14(10-8-13)22-18(24)15-6-5-11-20-16(15)19(22)25/h5-12H,3-4H2,1-2H3,(H,21,23). The van der Waals surface area contributed by atoms with Crippen molar-refractivity contribution >= 4 is 29.1 Å². The van der Waals surface area contributed by atoms with Crippen LogP contribution in [0.1, 0.15) is 47.5 Å². The van der Waals surface area contributed by atoms with Crippen molar-refractivity contribution in [2.75, 3.05) is 10.2 Å². The third kappa shape index (κ3) is 3.03. The Morgan fingerprint density at radius 1 is 1.08 bits per heavy atom. The van der Waals surface area contributed by atoms with E-state index in [9.17, 15) is 14.4 Å². The molecule has 6 heteroatoms. The average molecular weight is 337 g/mol. The highest BCUT2D eigenvalue weighted by Gasteiger charge is 2.37. The van der Waals surface area contributed by atoms with Gasteiger partial charge in [-0.25, -0.2) is 4.90 Å². The number of fused-ring (bicyclic) bond motifs is 1. The van der Waals surface area contributed by atoms with Crippen LogP contribution >= 0.6 is 0 Å². The van der Waals surface area contributed by atoms with Gasteiger partial charge in [0.25, 0.3) is 11.8 Å². The number of benzene rings is 1. The quantitative estimate of drug-likeness (QED) is 0.849. The number of imide groups is 1. The van der Waals surface area contributed by atoms with Gasteiger partial charge in [-0.05, 0) is 49.2 Å². The maximum Gasteiger partial charge on any atom is 0.284 e. The van der Waals surface area contributed by atoms with Gasteiger partial charge < -0.3 is 5.32 Å². The van der Waals surface area contributed by atoms with Crippen LogP contribution in [0.25, 0.3) is 0 Å². The van der Waals surface area contributed by atoms with Gasteiger partial charge in [0.05, 0.1) is 11.3 Å². The minimum atomic E-state index is -0.436. The van der Waals surface area contributed by atoms with Crippen LogP contribution in [0.5, 0.6) is 0 Å². The number of nitrogens with zero attached hydrogens (tertiary/aromatic N) is 2. The molecule has 0 atom stereocenters. The molecule has 0 saturated heterocycles. The van der Waals surface area contributed by atoms with Crippen LogP contribution in [-0.2, 0) is 4.79 Å². The monoisotopic (exact) mass is 337 g/mol. The fourth-order valence-corrected chi connectivity index (χ4v) is 2.90. The zero-order valence-electron chi connectivity index (χ0n) is 14.2. The van der Waals surface area contributed by atoms with E-state index in [2.05, 4.69) is 10.3 Å². The van der Waals surface area contributed by atoms with Crippen molar-refractivity contribution in [2.24, 2.45) is 5.92 Å². The zero-order chi connectivity index (χ0) is 18.0. The van der Waals surface area contributed by atoms with Crippen molar-refractivity contribution in [3.05, 3.63) is 53.9 Å². The summed E-state index contributed by atoms with van der Waals surface area (Å²) in [5.74, 6) is -0.874. The van der Waals surface area contributed by atoms with E-state index in [4.69, 9.17) is 0 Å². The highest BCUT2D eigenvalue weighted by atomic mass is 16.2. The van der Waals surface area contributed by atoms with Crippen molar-refractivity contribution in [1.82, 2.24) is 4.98 Å². The zero-order valence-corrected chi connectivity index (χ0v) is 14.2. The molecule has 2 aromatic rings. The second-order valence-corrected chi connectivity index (χ2v) is 5.89. The largest absolute Gasteiger partial charge is 0.326 e. The summed E-state index contributed by atoms with van der Waals surface area (Å²) in [7, 11) is 0. The molecular weight excluding hydrogens is 318 g/mol. The number of anilines is 2. The normalized spacial score (nSPS) is 13.3. The van der Waals surface area contributed by atoms with Crippen molar-refractivity contribution < 1.29 is 14.4 Å². The van der Waals surface area contributed by atoms with Crippen LogP contribution in [-0.4, -0.2) is 22.7 Å². The first kappa shape index (κ1) is 16.8. The molecule has 1 aliphatic rings. The molecule has 128 valence electrons. The molecule has 1 aromatic heterocycles. The lowest BCUT2D eigenvalue weighted by Gasteiger charge is -2.15. The number of nitrogens with one attached hydrogen (secondary N) is 1. The lowest BCUT2D eigenvalue weighted by Crippen LogP contribution is -2.29. The molecule has 0 bridgehead atoms. The van der Waals surface area contributed by atoms with E-state index in [0.29, 0.717) is 16.9 Å². The van der Waals surface area contributed by atoms with E-state index in [1.54, 1.807) is 36.4 Å². The molecule has 0 spiro atoms. The minimum absolute atomic E-state index is 0.0253. The van der Waals surface area contributed by atoms with E-state index < -0.39 is 5.91 Å². The summed E-state index contributed by atoms with van der Waals surface area (Å²) in [6.45, 7) is 3.96. The smallest absolute Gasteiger partial charge is 0.284 e. The fraction of sp³-hybridized carbons (Fsp3) is 0.263. The Kier molecular flexibility index (Phi) is 4.61. The summed E-state index contributed by atoms with van der Waals surface area (Å²) in [6, 6.07) is 9.88. The Hall–Kier alpha value is -3.02. The third-order valence-electron chi connectivity index (χ3n) is 4.40. The second-order valence-electron chi connectivity index (χ2n) is 5.89. The summed E-state index contributed by atoms with van der Waals surface area (Å²) in [4.78, 5) is 42.1. The van der Waals surface area contributed by atoms with Crippen molar-refractivity contribution in [2.45, 2.75) is 26.7 Å². The topological polar surface area (TPSA) is 79.4 Å². The molecule has 3 rings (SSSR count). The van der Waals surface area contributed by atoms with Crippen LogP contribution in [0.15, 0.2) is 42.6 Å². The van der Waals surface area contributed by atoms with Gasteiger partial charge in [-0.15, -0.1) is 0 Å². The van der Waals surface area contributed by atoms with Gasteiger partial charge in [-0.3, -0.25) is 19.4 Å². The SMILES string of the molecule is CCC(CC)C(=O)Nc1ccc(N2C(=O)c3cccnc3C2=O)cc1. The number of pyridine rings is 1. The summed E-state index contributed by atoms with van der Waals surface area (Å²) in [6.07, 6.45) is 3.05. The van der Waals surface area contributed by atoms with Gasteiger partial charge in [0, 0.05) is 17.8 Å². The van der Waals surface area contributed by atoms with Crippen molar-refractivity contribution in [3.63, 3.8) is 0 Å². The molecule has 3 amide bonds. The van der Waals surface area contributed by atoms with Gasteiger partial charge in [0.1, 0.15) is 5.69 Å². The molecule has 0 radical (unpaired) electrons. The van der Waals surface area contributed by atoms with Gasteiger partial charge in [-0.2, -0.15) is 0 Å². The Labute approximate surface area is 145 Å². The van der Waals surface area contributed by atoms with Gasteiger partial charge >= 0.3 is 0 Å². The van der Waals surface area contributed by atoms with Crippen LogP contribution in [0, 0.1) is 5.92 Å². The van der Waals surface area contributed by atoms with Gasteiger partial charge in [0.15, 0.2) is 0 Å². The highest BCUT2D eigenvalue weighted by Crippen LogP contribution is 2.28. The van der Waals surface area contributed by atoms with Crippen molar-refractivity contribution in [1.29, 1.82) is 0 Å². The van der Waals surface area contributed by atoms with E-state index in [1.807, 2.05) is 13.8 Å². The van der Waals surface area contributed by atoms with E-state index in [0.717, 1.165) is 17.7 Å². The van der Waals surface area contributed by atoms with Crippen molar-refractivity contribution in [3.8, 4) is 0 Å². The molecule has 0 fully saturated rings. The first-order valence-corrected chi connectivity index (χ1v) is 8.31. The molecule has 1 aromatic carbocycles. The summed E-state index contributed by atoms with van der Waals surface area (Å²) < 4.78 is 0. The molecule has 2 heterocycles. The Morgan fingerprint density at radius 2 is 1.76 bits per heavy atom. The molecule has 6 nitrogen and oxygen atoms in total. The summed E-state index contributed by atoms with van der Waals surface area (Å²) >= 11 is 0. The van der Waals surface area contributed by atoms with Crippen LogP contribution < -0.4 is 10.2 Å². The Bertz CT molecular complexity index is 791. The lowest BCUT2D eigenvalue weighted by atomic mass is 10.0.